The number of amides is 1. The van der Waals surface area contributed by atoms with Crippen molar-refractivity contribution in [2.75, 3.05) is 18.6 Å². The van der Waals surface area contributed by atoms with Crippen LogP contribution in [0.3, 0.4) is 0 Å². The maximum Gasteiger partial charge on any atom is 0.273 e. The van der Waals surface area contributed by atoms with Crippen LogP contribution in [0.4, 0.5) is 0 Å². The summed E-state index contributed by atoms with van der Waals surface area (Å²) < 4.78 is 10.7. The van der Waals surface area contributed by atoms with E-state index in [1.54, 1.807) is 6.26 Å². The molecule has 0 saturated heterocycles. The molecule has 1 heterocycles. The van der Waals surface area contributed by atoms with Crippen molar-refractivity contribution in [1.82, 2.24) is 10.3 Å². The van der Waals surface area contributed by atoms with E-state index in [0.717, 1.165) is 0 Å². The lowest BCUT2D eigenvalue weighted by Crippen LogP contribution is -2.28. The minimum absolute atomic E-state index is 0.0145. The van der Waals surface area contributed by atoms with Crippen LogP contribution >= 0.6 is 0 Å². The quantitative estimate of drug-likeness (QED) is 0.754. The fraction of sp³-hybridized carbons (Fsp3) is 0.333. The Morgan fingerprint density at radius 2 is 2.40 bits per heavy atom. The molecule has 82 valence electrons. The molecular formula is C9H12N2O3S. The molecule has 0 aliphatic rings. The second kappa shape index (κ2) is 5.45. The maximum absolute atomic E-state index is 11.4. The van der Waals surface area contributed by atoms with Gasteiger partial charge in [-0.1, -0.05) is 0 Å². The molecular weight excluding hydrogens is 216 g/mol. The highest BCUT2D eigenvalue weighted by molar-refractivity contribution is 7.84. The molecule has 1 unspecified atom stereocenters. The summed E-state index contributed by atoms with van der Waals surface area (Å²) in [5, 5.41) is 11.8. The van der Waals surface area contributed by atoms with E-state index in [1.807, 2.05) is 0 Å². The van der Waals surface area contributed by atoms with E-state index < -0.39 is 16.7 Å². The van der Waals surface area contributed by atoms with Gasteiger partial charge in [0, 0.05) is 35.5 Å². The number of hydrogen-bond donors (Lipinski definition) is 2. The molecule has 15 heavy (non-hydrogen) atoms. The topological polar surface area (TPSA) is 79.3 Å². The van der Waals surface area contributed by atoms with Crippen LogP contribution in [-0.4, -0.2) is 38.8 Å². The first-order chi connectivity index (χ1) is 7.11. The lowest BCUT2D eigenvalue weighted by molar-refractivity contribution is 0.0948. The summed E-state index contributed by atoms with van der Waals surface area (Å²) >= 11 is 0. The number of nitrogens with zero attached hydrogens (tertiary/aromatic N) is 1. The summed E-state index contributed by atoms with van der Waals surface area (Å²) in [6.45, 7) is 0.304. The minimum Gasteiger partial charge on any atom is -0.505 e. The van der Waals surface area contributed by atoms with Crippen molar-refractivity contribution in [1.29, 1.82) is 0 Å². The largest absolute Gasteiger partial charge is 0.505 e. The Bertz CT molecular complexity index is 381. The van der Waals surface area contributed by atoms with Gasteiger partial charge in [0.05, 0.1) is 0 Å². The Hall–Kier alpha value is -1.43. The van der Waals surface area contributed by atoms with Crippen LogP contribution in [0.15, 0.2) is 18.3 Å². The standard InChI is InChI=1S/C9H12N2O3S/c1-15(14)6-5-11-9(13)8-7(12)3-2-4-10-8/h2-4,12H,5-6H2,1H3,(H,11,13). The number of aromatic hydroxyl groups is 1. The van der Waals surface area contributed by atoms with Gasteiger partial charge in [0.1, 0.15) is 5.75 Å². The fourth-order valence-corrected chi connectivity index (χ4v) is 1.35. The molecule has 0 bridgehead atoms. The Kier molecular flexibility index (Phi) is 4.23. The molecule has 0 aliphatic carbocycles. The normalized spacial score (nSPS) is 12.1. The van der Waals surface area contributed by atoms with Crippen molar-refractivity contribution in [2.45, 2.75) is 0 Å². The first-order valence-electron chi connectivity index (χ1n) is 4.33. The molecule has 1 rings (SSSR count). The number of rotatable bonds is 4. The highest BCUT2D eigenvalue weighted by Crippen LogP contribution is 2.11. The summed E-state index contributed by atoms with van der Waals surface area (Å²) in [6, 6.07) is 2.92. The van der Waals surface area contributed by atoms with Gasteiger partial charge in [-0.05, 0) is 12.1 Å². The molecule has 1 aromatic rings. The van der Waals surface area contributed by atoms with Crippen molar-refractivity contribution in [3.8, 4) is 5.75 Å². The predicted molar refractivity (Wildman–Crippen MR) is 57.2 cm³/mol. The third-order valence-corrected chi connectivity index (χ3v) is 2.46. The van der Waals surface area contributed by atoms with Gasteiger partial charge in [0.2, 0.25) is 0 Å². The Morgan fingerprint density at radius 3 is 3.00 bits per heavy atom. The van der Waals surface area contributed by atoms with Crippen molar-refractivity contribution >= 4 is 16.7 Å². The molecule has 0 fully saturated rings. The van der Waals surface area contributed by atoms with Gasteiger partial charge in [0.25, 0.3) is 5.91 Å². The first kappa shape index (κ1) is 11.6. The molecule has 1 atom stereocenters. The highest BCUT2D eigenvalue weighted by atomic mass is 32.2. The Balaban J connectivity index is 2.54. The van der Waals surface area contributed by atoms with Crippen LogP contribution in [0.5, 0.6) is 5.75 Å². The van der Waals surface area contributed by atoms with Crippen LogP contribution in [0.25, 0.3) is 0 Å². The summed E-state index contributed by atoms with van der Waals surface area (Å²) in [5.41, 5.74) is -0.0145. The molecule has 0 spiro atoms. The highest BCUT2D eigenvalue weighted by Gasteiger charge is 2.10. The van der Waals surface area contributed by atoms with E-state index in [9.17, 15) is 14.1 Å². The zero-order valence-corrected chi connectivity index (χ0v) is 9.08. The van der Waals surface area contributed by atoms with Gasteiger partial charge >= 0.3 is 0 Å². The predicted octanol–water partition coefficient (Wildman–Crippen LogP) is -0.105. The smallest absolute Gasteiger partial charge is 0.273 e. The van der Waals surface area contributed by atoms with E-state index in [-0.39, 0.29) is 11.4 Å². The summed E-state index contributed by atoms with van der Waals surface area (Å²) in [4.78, 5) is 15.2. The number of carbonyl (C=O) groups excluding carboxylic acids is 1. The number of aromatic nitrogens is 1. The second-order valence-corrected chi connectivity index (χ2v) is 4.46. The van der Waals surface area contributed by atoms with Gasteiger partial charge in [-0.3, -0.25) is 9.00 Å². The number of hydrogen-bond acceptors (Lipinski definition) is 4. The minimum atomic E-state index is -0.941. The van der Waals surface area contributed by atoms with Crippen molar-refractivity contribution < 1.29 is 14.1 Å². The van der Waals surface area contributed by atoms with Crippen LogP contribution in [-0.2, 0) is 10.8 Å². The van der Waals surface area contributed by atoms with E-state index in [2.05, 4.69) is 10.3 Å². The molecule has 0 aliphatic heterocycles. The van der Waals surface area contributed by atoms with Crippen molar-refractivity contribution in [2.24, 2.45) is 0 Å². The number of nitrogens with one attached hydrogen (secondary N) is 1. The van der Waals surface area contributed by atoms with E-state index in [4.69, 9.17) is 0 Å². The zero-order chi connectivity index (χ0) is 11.3. The summed E-state index contributed by atoms with van der Waals surface area (Å²) in [6.07, 6.45) is 2.98. The van der Waals surface area contributed by atoms with Crippen LogP contribution in [0.2, 0.25) is 0 Å². The van der Waals surface area contributed by atoms with E-state index in [0.29, 0.717) is 12.3 Å². The average Bonchev–Trinajstić information content (AvgIpc) is 2.17. The molecule has 1 amide bonds. The zero-order valence-electron chi connectivity index (χ0n) is 8.27. The molecule has 2 N–H and O–H groups in total. The molecule has 0 radical (unpaired) electrons. The summed E-state index contributed by atoms with van der Waals surface area (Å²) in [7, 11) is -0.941. The molecule has 0 saturated carbocycles. The SMILES string of the molecule is CS(=O)CCNC(=O)c1ncccc1O. The van der Waals surface area contributed by atoms with Gasteiger partial charge in [-0.2, -0.15) is 0 Å². The van der Waals surface area contributed by atoms with Gasteiger partial charge < -0.3 is 10.4 Å². The number of carbonyl (C=O) groups is 1. The lowest BCUT2D eigenvalue weighted by Gasteiger charge is -2.04. The monoisotopic (exact) mass is 228 g/mol. The molecule has 5 nitrogen and oxygen atoms in total. The Morgan fingerprint density at radius 1 is 1.67 bits per heavy atom. The van der Waals surface area contributed by atoms with Gasteiger partial charge in [0.15, 0.2) is 5.69 Å². The molecule has 1 aromatic heterocycles. The summed E-state index contributed by atoms with van der Waals surface area (Å²) in [5.74, 6) is -0.231. The van der Waals surface area contributed by atoms with E-state index >= 15 is 0 Å². The van der Waals surface area contributed by atoms with Crippen molar-refractivity contribution in [3.05, 3.63) is 24.0 Å². The maximum atomic E-state index is 11.4. The van der Waals surface area contributed by atoms with Crippen LogP contribution in [0.1, 0.15) is 10.5 Å². The lowest BCUT2D eigenvalue weighted by atomic mass is 10.3. The van der Waals surface area contributed by atoms with Gasteiger partial charge in [-0.15, -0.1) is 0 Å². The van der Waals surface area contributed by atoms with Crippen LogP contribution < -0.4 is 5.32 Å². The molecule has 0 aromatic carbocycles. The third kappa shape index (κ3) is 3.67. The second-order valence-electron chi connectivity index (χ2n) is 2.90. The van der Waals surface area contributed by atoms with Crippen molar-refractivity contribution in [3.63, 3.8) is 0 Å². The first-order valence-corrected chi connectivity index (χ1v) is 6.06. The van der Waals surface area contributed by atoms with E-state index in [1.165, 1.54) is 18.3 Å². The third-order valence-electron chi connectivity index (χ3n) is 1.68. The number of pyridine rings is 1. The molecule has 6 heteroatoms. The average molecular weight is 228 g/mol. The Labute approximate surface area is 90.0 Å². The van der Waals surface area contributed by atoms with Gasteiger partial charge in [-0.25, -0.2) is 4.98 Å². The van der Waals surface area contributed by atoms with Crippen LogP contribution in [0, 0.1) is 0 Å². The fourth-order valence-electron chi connectivity index (χ4n) is 0.964.